The summed E-state index contributed by atoms with van der Waals surface area (Å²) in [5.41, 5.74) is 0. The van der Waals surface area contributed by atoms with Gasteiger partial charge in [-0.1, -0.05) is 20.8 Å². The fraction of sp³-hybridized carbons (Fsp3) is 0.833. The van der Waals surface area contributed by atoms with Crippen LogP contribution in [0.15, 0.2) is 0 Å². The van der Waals surface area contributed by atoms with Gasteiger partial charge in [0.1, 0.15) is 0 Å². The van der Waals surface area contributed by atoms with Crippen molar-refractivity contribution in [1.82, 2.24) is 5.32 Å². The van der Waals surface area contributed by atoms with Crippen molar-refractivity contribution in [2.75, 3.05) is 5.75 Å². The highest BCUT2D eigenvalue weighted by Gasteiger charge is 2.19. The Morgan fingerprint density at radius 3 is 2.18 bits per heavy atom. The monoisotopic (exact) mass is 261 g/mol. The van der Waals surface area contributed by atoms with E-state index in [1.54, 1.807) is 6.92 Å². The second kappa shape index (κ2) is 8.39. The molecule has 5 heteroatoms. The van der Waals surface area contributed by atoms with Crippen LogP contribution in [0.4, 0.5) is 0 Å². The van der Waals surface area contributed by atoms with E-state index in [1.165, 1.54) is 11.8 Å². The number of carbonyl (C=O) groups is 2. The number of nitrogens with one attached hydrogen (secondary N) is 1. The fourth-order valence-electron chi connectivity index (χ4n) is 1.25. The third kappa shape index (κ3) is 6.56. The number of hydrogen-bond donors (Lipinski definition) is 2. The number of amides is 1. The molecule has 0 radical (unpaired) electrons. The van der Waals surface area contributed by atoms with Gasteiger partial charge in [0.15, 0.2) is 0 Å². The number of carboxylic acids is 1. The van der Waals surface area contributed by atoms with Gasteiger partial charge in [0.05, 0.1) is 11.2 Å². The third-order valence-corrected chi connectivity index (χ3v) is 4.13. The zero-order valence-electron chi connectivity index (χ0n) is 11.0. The van der Waals surface area contributed by atoms with Crippen molar-refractivity contribution < 1.29 is 14.7 Å². The van der Waals surface area contributed by atoms with Gasteiger partial charge in [-0.15, -0.1) is 11.8 Å². The molecule has 2 N–H and O–H groups in total. The number of carboxylic acid groups (broad SMARTS) is 1. The minimum absolute atomic E-state index is 0.00119. The van der Waals surface area contributed by atoms with Crippen molar-refractivity contribution in [2.24, 2.45) is 5.92 Å². The maximum Gasteiger partial charge on any atom is 0.307 e. The lowest BCUT2D eigenvalue weighted by Crippen LogP contribution is -2.38. The molecule has 0 saturated heterocycles. The number of thioether (sulfide) groups is 1. The standard InChI is InChI=1S/C12H23NO3S/c1-5-10(6-2)13-11(14)9(4)17-7-8(3)12(15)16/h8-10H,5-7H2,1-4H3,(H,13,14)(H,15,16). The molecule has 0 saturated carbocycles. The minimum atomic E-state index is -0.815. The minimum Gasteiger partial charge on any atom is -0.481 e. The number of rotatable bonds is 8. The van der Waals surface area contributed by atoms with Crippen LogP contribution in [0.5, 0.6) is 0 Å². The average Bonchev–Trinajstić information content (AvgIpc) is 2.31. The summed E-state index contributed by atoms with van der Waals surface area (Å²) in [6, 6.07) is 0.224. The number of hydrogen-bond acceptors (Lipinski definition) is 3. The highest BCUT2D eigenvalue weighted by atomic mass is 32.2. The molecule has 0 fully saturated rings. The van der Waals surface area contributed by atoms with Crippen LogP contribution in [-0.4, -0.2) is 34.0 Å². The first kappa shape index (κ1) is 16.3. The highest BCUT2D eigenvalue weighted by molar-refractivity contribution is 8.00. The SMILES string of the molecule is CCC(CC)NC(=O)C(C)SCC(C)C(=O)O. The Morgan fingerprint density at radius 1 is 1.24 bits per heavy atom. The summed E-state index contributed by atoms with van der Waals surface area (Å²) in [7, 11) is 0. The summed E-state index contributed by atoms with van der Waals surface area (Å²) >= 11 is 1.39. The molecule has 0 spiro atoms. The molecule has 1 amide bonds. The van der Waals surface area contributed by atoms with Gasteiger partial charge in [-0.05, 0) is 19.8 Å². The van der Waals surface area contributed by atoms with Crippen LogP contribution < -0.4 is 5.32 Å². The Labute approximate surface area is 108 Å². The van der Waals surface area contributed by atoms with Gasteiger partial charge < -0.3 is 10.4 Å². The molecule has 0 bridgehead atoms. The Balaban J connectivity index is 4.01. The molecule has 17 heavy (non-hydrogen) atoms. The lowest BCUT2D eigenvalue weighted by Gasteiger charge is -2.18. The van der Waals surface area contributed by atoms with Crippen LogP contribution in [-0.2, 0) is 9.59 Å². The highest BCUT2D eigenvalue weighted by Crippen LogP contribution is 2.15. The van der Waals surface area contributed by atoms with Crippen molar-refractivity contribution in [2.45, 2.75) is 51.8 Å². The molecule has 0 heterocycles. The summed E-state index contributed by atoms with van der Waals surface area (Å²) in [5, 5.41) is 11.5. The van der Waals surface area contributed by atoms with Crippen LogP contribution in [0.2, 0.25) is 0 Å². The number of carbonyl (C=O) groups excluding carboxylic acids is 1. The van der Waals surface area contributed by atoms with Gasteiger partial charge in [-0.3, -0.25) is 9.59 Å². The summed E-state index contributed by atoms with van der Waals surface area (Å²) in [6.07, 6.45) is 1.84. The van der Waals surface area contributed by atoms with Crippen molar-refractivity contribution >= 4 is 23.6 Å². The Bertz CT molecular complexity index is 254. The molecule has 0 aliphatic heterocycles. The molecular formula is C12H23NO3S. The molecule has 0 aromatic carbocycles. The van der Waals surface area contributed by atoms with Crippen LogP contribution in [0.1, 0.15) is 40.5 Å². The average molecular weight is 261 g/mol. The topological polar surface area (TPSA) is 66.4 Å². The van der Waals surface area contributed by atoms with Gasteiger partial charge in [0, 0.05) is 11.8 Å². The molecular weight excluding hydrogens is 238 g/mol. The first-order valence-electron chi connectivity index (χ1n) is 6.07. The maximum atomic E-state index is 11.8. The first-order chi connectivity index (χ1) is 7.92. The van der Waals surface area contributed by atoms with E-state index in [1.807, 2.05) is 20.8 Å². The Hall–Kier alpha value is -0.710. The van der Waals surface area contributed by atoms with Gasteiger partial charge in [-0.25, -0.2) is 0 Å². The quantitative estimate of drug-likeness (QED) is 0.702. The van der Waals surface area contributed by atoms with E-state index in [0.29, 0.717) is 5.75 Å². The van der Waals surface area contributed by atoms with Crippen molar-refractivity contribution in [1.29, 1.82) is 0 Å². The van der Waals surface area contributed by atoms with E-state index < -0.39 is 11.9 Å². The van der Waals surface area contributed by atoms with Crippen LogP contribution in [0, 0.1) is 5.92 Å². The van der Waals surface area contributed by atoms with E-state index in [4.69, 9.17) is 5.11 Å². The Kier molecular flexibility index (Phi) is 8.04. The lowest BCUT2D eigenvalue weighted by atomic mass is 10.2. The molecule has 2 atom stereocenters. The van der Waals surface area contributed by atoms with E-state index in [9.17, 15) is 9.59 Å². The molecule has 0 rings (SSSR count). The number of aliphatic carboxylic acids is 1. The second-order valence-electron chi connectivity index (χ2n) is 4.24. The van der Waals surface area contributed by atoms with Gasteiger partial charge in [0.25, 0.3) is 0 Å². The molecule has 4 nitrogen and oxygen atoms in total. The molecule has 0 aromatic rings. The van der Waals surface area contributed by atoms with Gasteiger partial charge >= 0.3 is 5.97 Å². The fourth-order valence-corrected chi connectivity index (χ4v) is 2.19. The van der Waals surface area contributed by atoms with Crippen molar-refractivity contribution in [3.8, 4) is 0 Å². The van der Waals surface area contributed by atoms with E-state index in [-0.39, 0.29) is 17.2 Å². The summed E-state index contributed by atoms with van der Waals surface area (Å²) in [5.74, 6) is -0.762. The van der Waals surface area contributed by atoms with Crippen LogP contribution >= 0.6 is 11.8 Å². The third-order valence-electron chi connectivity index (χ3n) is 2.72. The molecule has 0 aliphatic carbocycles. The molecule has 100 valence electrons. The van der Waals surface area contributed by atoms with Crippen molar-refractivity contribution in [3.05, 3.63) is 0 Å². The van der Waals surface area contributed by atoms with Gasteiger partial charge in [-0.2, -0.15) is 0 Å². The predicted octanol–water partition coefficient (Wildman–Crippen LogP) is 2.13. The van der Waals surface area contributed by atoms with Crippen LogP contribution in [0.25, 0.3) is 0 Å². The zero-order valence-corrected chi connectivity index (χ0v) is 11.8. The predicted molar refractivity (Wildman–Crippen MR) is 71.2 cm³/mol. The first-order valence-corrected chi connectivity index (χ1v) is 7.11. The Morgan fingerprint density at radius 2 is 1.76 bits per heavy atom. The zero-order chi connectivity index (χ0) is 13.4. The van der Waals surface area contributed by atoms with Crippen molar-refractivity contribution in [3.63, 3.8) is 0 Å². The normalized spacial score (nSPS) is 14.4. The largest absolute Gasteiger partial charge is 0.481 e. The summed E-state index contributed by atoms with van der Waals surface area (Å²) in [4.78, 5) is 22.4. The summed E-state index contributed by atoms with van der Waals surface area (Å²) in [6.45, 7) is 7.55. The van der Waals surface area contributed by atoms with E-state index in [0.717, 1.165) is 12.8 Å². The summed E-state index contributed by atoms with van der Waals surface area (Å²) < 4.78 is 0. The molecule has 2 unspecified atom stereocenters. The van der Waals surface area contributed by atoms with Crippen LogP contribution in [0.3, 0.4) is 0 Å². The van der Waals surface area contributed by atoms with Gasteiger partial charge in [0.2, 0.25) is 5.91 Å². The molecule has 0 aliphatic rings. The van der Waals surface area contributed by atoms with E-state index in [2.05, 4.69) is 5.32 Å². The lowest BCUT2D eigenvalue weighted by molar-refractivity contribution is -0.140. The second-order valence-corrected chi connectivity index (χ2v) is 5.61. The molecule has 0 aromatic heterocycles. The smallest absolute Gasteiger partial charge is 0.307 e. The van der Waals surface area contributed by atoms with E-state index >= 15 is 0 Å². The maximum absolute atomic E-state index is 11.8.